The van der Waals surface area contributed by atoms with Gasteiger partial charge in [-0.3, -0.25) is 0 Å². The molecule has 0 amide bonds. The van der Waals surface area contributed by atoms with E-state index in [0.717, 1.165) is 5.69 Å². The highest BCUT2D eigenvalue weighted by Crippen LogP contribution is 2.39. The molecule has 2 aromatic rings. The van der Waals surface area contributed by atoms with Crippen LogP contribution in [0.4, 0.5) is 0 Å². The highest BCUT2D eigenvalue weighted by atomic mass is 35.5. The predicted molar refractivity (Wildman–Crippen MR) is 70.9 cm³/mol. The van der Waals surface area contributed by atoms with Gasteiger partial charge in [0.05, 0.1) is 10.7 Å². The first-order chi connectivity index (χ1) is 9.20. The molecule has 0 aliphatic heterocycles. The van der Waals surface area contributed by atoms with E-state index in [9.17, 15) is 0 Å². The van der Waals surface area contributed by atoms with Crippen LogP contribution in [-0.2, 0) is 0 Å². The Morgan fingerprint density at radius 2 is 2.26 bits per heavy atom. The first-order valence-corrected chi connectivity index (χ1v) is 6.27. The van der Waals surface area contributed by atoms with Gasteiger partial charge in [0, 0.05) is 23.9 Å². The van der Waals surface area contributed by atoms with Crippen LogP contribution in [-0.4, -0.2) is 25.8 Å². The van der Waals surface area contributed by atoms with Crippen molar-refractivity contribution < 1.29 is 5.21 Å². The lowest BCUT2D eigenvalue weighted by Gasteiger charge is -2.07. The van der Waals surface area contributed by atoms with Crippen molar-refractivity contribution in [3.8, 4) is 5.82 Å². The number of hydrogen-bond acceptors (Lipinski definition) is 4. The van der Waals surface area contributed by atoms with Crippen LogP contribution in [0.2, 0.25) is 5.02 Å². The van der Waals surface area contributed by atoms with Crippen molar-refractivity contribution in [1.29, 1.82) is 0 Å². The molecule has 2 heterocycles. The molecule has 0 saturated heterocycles. The van der Waals surface area contributed by atoms with Gasteiger partial charge in [0.15, 0.2) is 11.7 Å². The Kier molecular flexibility index (Phi) is 2.87. The zero-order valence-electron chi connectivity index (χ0n) is 9.99. The molecule has 1 aliphatic carbocycles. The van der Waals surface area contributed by atoms with E-state index >= 15 is 0 Å². The van der Waals surface area contributed by atoms with E-state index in [0.29, 0.717) is 22.3 Å². The summed E-state index contributed by atoms with van der Waals surface area (Å²) in [6, 6.07) is 3.55. The van der Waals surface area contributed by atoms with Crippen LogP contribution in [0.3, 0.4) is 0 Å². The number of halogens is 1. The normalized spacial score (nSPS) is 15.7. The molecule has 98 valence electrons. The van der Waals surface area contributed by atoms with E-state index in [-0.39, 0.29) is 5.84 Å². The van der Waals surface area contributed by atoms with Crippen LogP contribution in [0.25, 0.3) is 5.82 Å². The van der Waals surface area contributed by atoms with Crippen LogP contribution in [0.1, 0.15) is 30.0 Å². The monoisotopic (exact) mass is 277 g/mol. The smallest absolute Gasteiger partial charge is 0.172 e. The van der Waals surface area contributed by atoms with E-state index < -0.39 is 0 Å². The minimum Gasteiger partial charge on any atom is -0.409 e. The number of oxime groups is 1. The van der Waals surface area contributed by atoms with E-state index in [4.69, 9.17) is 22.5 Å². The van der Waals surface area contributed by atoms with Gasteiger partial charge in [-0.05, 0) is 25.0 Å². The van der Waals surface area contributed by atoms with E-state index in [1.54, 1.807) is 16.9 Å². The summed E-state index contributed by atoms with van der Waals surface area (Å²) in [5.41, 5.74) is 7.04. The molecule has 0 atom stereocenters. The molecule has 7 heteroatoms. The molecule has 3 N–H and O–H groups in total. The predicted octanol–water partition coefficient (Wildman–Crippen LogP) is 1.89. The molecule has 0 unspecified atom stereocenters. The molecule has 6 nitrogen and oxygen atoms in total. The average molecular weight is 278 g/mol. The maximum absolute atomic E-state index is 8.72. The second kappa shape index (κ2) is 4.55. The largest absolute Gasteiger partial charge is 0.409 e. The molecular weight excluding hydrogens is 266 g/mol. The maximum Gasteiger partial charge on any atom is 0.172 e. The molecule has 2 aromatic heterocycles. The fourth-order valence-corrected chi connectivity index (χ4v) is 2.19. The minimum atomic E-state index is -0.0526. The molecule has 0 aromatic carbocycles. The lowest BCUT2D eigenvalue weighted by atomic mass is 10.2. The Balaban J connectivity index is 2.03. The fraction of sp³-hybridized carbons (Fsp3) is 0.250. The number of aromatic nitrogens is 3. The second-order valence-corrected chi connectivity index (χ2v) is 4.82. The second-order valence-electron chi connectivity index (χ2n) is 4.44. The molecule has 0 bridgehead atoms. The van der Waals surface area contributed by atoms with Gasteiger partial charge in [-0.2, -0.15) is 5.10 Å². The number of nitrogens with zero attached hydrogens (tertiary/aromatic N) is 4. The van der Waals surface area contributed by atoms with E-state index in [1.807, 2.05) is 12.3 Å². The first-order valence-electron chi connectivity index (χ1n) is 5.89. The summed E-state index contributed by atoms with van der Waals surface area (Å²) < 4.78 is 1.62. The van der Waals surface area contributed by atoms with Crippen LogP contribution < -0.4 is 5.73 Å². The van der Waals surface area contributed by atoms with Gasteiger partial charge in [-0.25, -0.2) is 9.67 Å². The van der Waals surface area contributed by atoms with Gasteiger partial charge in [0.25, 0.3) is 0 Å². The van der Waals surface area contributed by atoms with Gasteiger partial charge in [0.1, 0.15) is 0 Å². The maximum atomic E-state index is 8.72. The molecular formula is C12H12ClN5O. The van der Waals surface area contributed by atoms with Crippen molar-refractivity contribution >= 4 is 17.4 Å². The summed E-state index contributed by atoms with van der Waals surface area (Å²) in [5.74, 6) is 0.980. The number of hydrogen-bond donors (Lipinski definition) is 2. The van der Waals surface area contributed by atoms with Gasteiger partial charge in [0.2, 0.25) is 0 Å². The van der Waals surface area contributed by atoms with Crippen LogP contribution in [0.15, 0.2) is 29.7 Å². The topological polar surface area (TPSA) is 89.3 Å². The van der Waals surface area contributed by atoms with Crippen LogP contribution >= 0.6 is 11.6 Å². The minimum absolute atomic E-state index is 0.0526. The number of amidine groups is 1. The Morgan fingerprint density at radius 1 is 1.47 bits per heavy atom. The summed E-state index contributed by atoms with van der Waals surface area (Å²) >= 11 is 6.23. The molecule has 3 rings (SSSR count). The van der Waals surface area contributed by atoms with Crippen molar-refractivity contribution in [2.24, 2.45) is 10.9 Å². The van der Waals surface area contributed by atoms with Crippen molar-refractivity contribution in [3.63, 3.8) is 0 Å². The third-order valence-electron chi connectivity index (χ3n) is 3.08. The standard InChI is InChI=1S/C12H12ClN5O/c13-10-8(11(14)17-19)3-5-15-12(10)18-6-4-9(16-18)7-1-2-7/h3-7,19H,1-2H2,(H2,14,17). The van der Waals surface area contributed by atoms with Crippen LogP contribution in [0.5, 0.6) is 0 Å². The quantitative estimate of drug-likeness (QED) is 0.388. The van der Waals surface area contributed by atoms with Gasteiger partial charge < -0.3 is 10.9 Å². The lowest BCUT2D eigenvalue weighted by Crippen LogP contribution is -2.15. The average Bonchev–Trinajstić information content (AvgIpc) is 3.17. The summed E-state index contributed by atoms with van der Waals surface area (Å²) in [7, 11) is 0. The molecule has 19 heavy (non-hydrogen) atoms. The van der Waals surface area contributed by atoms with Crippen molar-refractivity contribution in [2.75, 3.05) is 0 Å². The summed E-state index contributed by atoms with van der Waals surface area (Å²) in [4.78, 5) is 4.20. The number of rotatable bonds is 3. The highest BCUT2D eigenvalue weighted by molar-refractivity contribution is 6.35. The van der Waals surface area contributed by atoms with E-state index in [2.05, 4.69) is 15.2 Å². The lowest BCUT2D eigenvalue weighted by molar-refractivity contribution is 0.318. The fourth-order valence-electron chi connectivity index (χ4n) is 1.90. The summed E-state index contributed by atoms with van der Waals surface area (Å²) in [6.07, 6.45) is 5.73. The third-order valence-corrected chi connectivity index (χ3v) is 3.45. The number of pyridine rings is 1. The van der Waals surface area contributed by atoms with Crippen molar-refractivity contribution in [3.05, 3.63) is 40.8 Å². The molecule has 0 radical (unpaired) electrons. The Bertz CT molecular complexity index is 647. The molecule has 1 fully saturated rings. The Hall–Kier alpha value is -2.08. The first kappa shape index (κ1) is 12.0. The number of nitrogens with two attached hydrogens (primary N) is 1. The zero-order chi connectivity index (χ0) is 13.4. The summed E-state index contributed by atoms with van der Waals surface area (Å²) in [6.45, 7) is 0. The zero-order valence-corrected chi connectivity index (χ0v) is 10.7. The Labute approximate surface area is 114 Å². The Morgan fingerprint density at radius 3 is 2.95 bits per heavy atom. The summed E-state index contributed by atoms with van der Waals surface area (Å²) in [5, 5.41) is 16.4. The SMILES string of the molecule is N/C(=N/O)c1ccnc(-n2ccc(C3CC3)n2)c1Cl. The van der Waals surface area contributed by atoms with E-state index in [1.165, 1.54) is 12.8 Å². The van der Waals surface area contributed by atoms with Gasteiger partial charge in [-0.15, -0.1) is 0 Å². The van der Waals surface area contributed by atoms with Crippen molar-refractivity contribution in [1.82, 2.24) is 14.8 Å². The third kappa shape index (κ3) is 2.15. The van der Waals surface area contributed by atoms with Crippen LogP contribution in [0, 0.1) is 0 Å². The highest BCUT2D eigenvalue weighted by Gasteiger charge is 2.26. The van der Waals surface area contributed by atoms with Gasteiger partial charge in [-0.1, -0.05) is 16.8 Å². The van der Waals surface area contributed by atoms with Crippen molar-refractivity contribution in [2.45, 2.75) is 18.8 Å². The van der Waals surface area contributed by atoms with Gasteiger partial charge >= 0.3 is 0 Å². The molecule has 1 aliphatic rings. The molecule has 1 saturated carbocycles. The molecule has 0 spiro atoms.